The standard InChI is InChI=1S/C21H25N3O3/c1-15-11-12-24(20(15)25)14-17-3-7-18(8-4-17)23-21(26)22-13-16-5-9-19(27-2)10-6-16/h3-10,15H,11-14H2,1-2H3,(H2,22,23,26)/t15-/m0/s1. The Labute approximate surface area is 159 Å². The summed E-state index contributed by atoms with van der Waals surface area (Å²) in [7, 11) is 1.62. The van der Waals surface area contributed by atoms with Crippen LogP contribution < -0.4 is 15.4 Å². The van der Waals surface area contributed by atoms with Crippen molar-refractivity contribution in [3.8, 4) is 5.75 Å². The van der Waals surface area contributed by atoms with Crippen molar-refractivity contribution in [1.29, 1.82) is 0 Å². The number of ether oxygens (including phenoxy) is 1. The van der Waals surface area contributed by atoms with Crippen molar-refractivity contribution in [2.24, 2.45) is 5.92 Å². The van der Waals surface area contributed by atoms with Crippen molar-refractivity contribution >= 4 is 17.6 Å². The predicted octanol–water partition coefficient (Wildman–Crippen LogP) is 3.39. The molecule has 1 atom stereocenters. The fraction of sp³-hybridized carbons (Fsp3) is 0.333. The molecule has 3 rings (SSSR count). The lowest BCUT2D eigenvalue weighted by molar-refractivity contribution is -0.131. The molecule has 0 spiro atoms. The van der Waals surface area contributed by atoms with E-state index in [1.165, 1.54) is 0 Å². The molecule has 27 heavy (non-hydrogen) atoms. The Morgan fingerprint density at radius 1 is 1.11 bits per heavy atom. The maximum atomic E-state index is 12.1. The highest BCUT2D eigenvalue weighted by molar-refractivity contribution is 5.89. The molecular formula is C21H25N3O3. The van der Waals surface area contributed by atoms with E-state index in [2.05, 4.69) is 10.6 Å². The summed E-state index contributed by atoms with van der Waals surface area (Å²) < 4.78 is 5.11. The van der Waals surface area contributed by atoms with Gasteiger partial charge in [-0.3, -0.25) is 4.79 Å². The van der Waals surface area contributed by atoms with Gasteiger partial charge in [0.2, 0.25) is 5.91 Å². The van der Waals surface area contributed by atoms with E-state index >= 15 is 0 Å². The minimum absolute atomic E-state index is 0.125. The van der Waals surface area contributed by atoms with E-state index in [1.54, 1.807) is 7.11 Å². The first kappa shape index (κ1) is 18.8. The van der Waals surface area contributed by atoms with Gasteiger partial charge in [-0.2, -0.15) is 0 Å². The van der Waals surface area contributed by atoms with Gasteiger partial charge in [0.15, 0.2) is 0 Å². The molecule has 3 amide bonds. The molecule has 1 aliphatic heterocycles. The van der Waals surface area contributed by atoms with E-state index in [4.69, 9.17) is 4.74 Å². The van der Waals surface area contributed by atoms with E-state index in [9.17, 15) is 9.59 Å². The fourth-order valence-electron chi connectivity index (χ4n) is 3.07. The van der Waals surface area contributed by atoms with Crippen LogP contribution in [-0.4, -0.2) is 30.5 Å². The molecule has 1 aliphatic rings. The van der Waals surface area contributed by atoms with Gasteiger partial charge in [-0.25, -0.2) is 4.79 Å². The van der Waals surface area contributed by atoms with Crippen molar-refractivity contribution in [3.63, 3.8) is 0 Å². The van der Waals surface area contributed by atoms with Gasteiger partial charge in [0, 0.05) is 31.2 Å². The second-order valence-corrected chi connectivity index (χ2v) is 6.80. The third-order valence-electron chi connectivity index (χ3n) is 4.76. The maximum absolute atomic E-state index is 12.1. The quantitative estimate of drug-likeness (QED) is 0.822. The largest absolute Gasteiger partial charge is 0.497 e. The van der Waals surface area contributed by atoms with E-state index in [1.807, 2.05) is 60.4 Å². The third-order valence-corrected chi connectivity index (χ3v) is 4.76. The lowest BCUT2D eigenvalue weighted by Crippen LogP contribution is -2.28. The number of hydrogen-bond acceptors (Lipinski definition) is 3. The molecule has 2 N–H and O–H groups in total. The minimum atomic E-state index is -0.262. The number of nitrogens with zero attached hydrogens (tertiary/aromatic N) is 1. The molecule has 6 nitrogen and oxygen atoms in total. The molecule has 0 radical (unpaired) electrons. The zero-order valence-corrected chi connectivity index (χ0v) is 15.7. The van der Waals surface area contributed by atoms with Crippen LogP contribution in [0.1, 0.15) is 24.5 Å². The Bertz CT molecular complexity index is 787. The number of nitrogens with one attached hydrogen (secondary N) is 2. The average Bonchev–Trinajstić information content (AvgIpc) is 3.00. The smallest absolute Gasteiger partial charge is 0.319 e. The van der Waals surface area contributed by atoms with Crippen LogP contribution in [0.25, 0.3) is 0 Å². The van der Waals surface area contributed by atoms with Crippen LogP contribution >= 0.6 is 0 Å². The van der Waals surface area contributed by atoms with Crippen LogP contribution in [0.15, 0.2) is 48.5 Å². The zero-order chi connectivity index (χ0) is 19.2. The molecule has 2 aromatic rings. The summed E-state index contributed by atoms with van der Waals surface area (Å²) in [6.45, 7) is 3.84. The van der Waals surface area contributed by atoms with Crippen LogP contribution in [0.3, 0.4) is 0 Å². The molecule has 6 heteroatoms. The normalized spacial score (nSPS) is 16.3. The highest BCUT2D eigenvalue weighted by Gasteiger charge is 2.27. The number of likely N-dealkylation sites (tertiary alicyclic amines) is 1. The average molecular weight is 367 g/mol. The summed E-state index contributed by atoms with van der Waals surface area (Å²) in [5.41, 5.74) is 2.76. The van der Waals surface area contributed by atoms with Gasteiger partial charge in [-0.1, -0.05) is 31.2 Å². The van der Waals surface area contributed by atoms with Gasteiger partial charge in [0.25, 0.3) is 0 Å². The van der Waals surface area contributed by atoms with Gasteiger partial charge in [-0.15, -0.1) is 0 Å². The molecule has 0 aliphatic carbocycles. The van der Waals surface area contributed by atoms with Crippen molar-refractivity contribution in [3.05, 3.63) is 59.7 Å². The molecule has 1 fully saturated rings. The number of carbonyl (C=O) groups excluding carboxylic acids is 2. The number of benzene rings is 2. The molecular weight excluding hydrogens is 342 g/mol. The van der Waals surface area contributed by atoms with Gasteiger partial charge >= 0.3 is 6.03 Å². The summed E-state index contributed by atoms with van der Waals surface area (Å²) >= 11 is 0. The first-order chi connectivity index (χ1) is 13.0. The number of rotatable bonds is 6. The van der Waals surface area contributed by atoms with Gasteiger partial charge in [0.1, 0.15) is 5.75 Å². The summed E-state index contributed by atoms with van der Waals surface area (Å²) in [6, 6.07) is 14.9. The van der Waals surface area contributed by atoms with E-state index in [-0.39, 0.29) is 17.9 Å². The van der Waals surface area contributed by atoms with Crippen molar-refractivity contribution in [1.82, 2.24) is 10.2 Å². The molecule has 0 unspecified atom stereocenters. The molecule has 0 aromatic heterocycles. The molecule has 1 saturated heterocycles. The van der Waals surface area contributed by atoms with Gasteiger partial charge < -0.3 is 20.3 Å². The van der Waals surface area contributed by atoms with Crippen molar-refractivity contribution in [2.75, 3.05) is 19.0 Å². The third kappa shape index (κ3) is 5.00. The molecule has 1 heterocycles. The first-order valence-electron chi connectivity index (χ1n) is 9.10. The number of carbonyl (C=O) groups is 2. The minimum Gasteiger partial charge on any atom is -0.497 e. The Kier molecular flexibility index (Phi) is 5.96. The number of urea groups is 1. The first-order valence-corrected chi connectivity index (χ1v) is 9.10. The monoisotopic (exact) mass is 367 g/mol. The highest BCUT2D eigenvalue weighted by atomic mass is 16.5. The van der Waals surface area contributed by atoms with E-state index in [0.717, 1.165) is 29.8 Å². The van der Waals surface area contributed by atoms with Gasteiger partial charge in [0.05, 0.1) is 7.11 Å². The van der Waals surface area contributed by atoms with E-state index in [0.29, 0.717) is 18.8 Å². The van der Waals surface area contributed by atoms with Crippen molar-refractivity contribution < 1.29 is 14.3 Å². The number of amides is 3. The summed E-state index contributed by atoms with van der Waals surface area (Å²) in [5, 5.41) is 5.64. The fourth-order valence-corrected chi connectivity index (χ4v) is 3.07. The second-order valence-electron chi connectivity index (χ2n) is 6.80. The Morgan fingerprint density at radius 2 is 1.78 bits per heavy atom. The van der Waals surface area contributed by atoms with E-state index < -0.39 is 0 Å². The van der Waals surface area contributed by atoms with Crippen LogP contribution in [0, 0.1) is 5.92 Å². The predicted molar refractivity (Wildman–Crippen MR) is 104 cm³/mol. The zero-order valence-electron chi connectivity index (χ0n) is 15.7. The molecule has 0 saturated carbocycles. The Balaban J connectivity index is 1.47. The van der Waals surface area contributed by atoms with Crippen LogP contribution in [0.4, 0.5) is 10.5 Å². The highest BCUT2D eigenvalue weighted by Crippen LogP contribution is 2.20. The van der Waals surface area contributed by atoms with Crippen molar-refractivity contribution in [2.45, 2.75) is 26.4 Å². The van der Waals surface area contributed by atoms with Crippen LogP contribution in [0.2, 0.25) is 0 Å². The number of anilines is 1. The number of hydrogen-bond donors (Lipinski definition) is 2. The lowest BCUT2D eigenvalue weighted by atomic mass is 10.1. The Hall–Kier alpha value is -3.02. The number of methoxy groups -OCH3 is 1. The van der Waals surface area contributed by atoms with Crippen LogP contribution in [0.5, 0.6) is 5.75 Å². The summed E-state index contributed by atoms with van der Waals surface area (Å²) in [5.74, 6) is 1.13. The van der Waals surface area contributed by atoms with Gasteiger partial charge in [-0.05, 0) is 41.8 Å². The SMILES string of the molecule is COc1ccc(CNC(=O)Nc2ccc(CN3CC[C@H](C)C3=O)cc2)cc1. The topological polar surface area (TPSA) is 70.7 Å². The molecule has 2 aromatic carbocycles. The van der Waals surface area contributed by atoms with Crippen LogP contribution in [-0.2, 0) is 17.9 Å². The molecule has 0 bridgehead atoms. The molecule has 142 valence electrons. The summed E-state index contributed by atoms with van der Waals surface area (Å²) in [4.78, 5) is 25.9. The summed E-state index contributed by atoms with van der Waals surface area (Å²) in [6.07, 6.45) is 0.923. The second kappa shape index (κ2) is 8.58. The Morgan fingerprint density at radius 3 is 2.37 bits per heavy atom. The maximum Gasteiger partial charge on any atom is 0.319 e. The lowest BCUT2D eigenvalue weighted by Gasteiger charge is -2.16.